The Labute approximate surface area is 298 Å². The molecule has 0 aliphatic heterocycles. The molecule has 0 unspecified atom stereocenters. The number of benzene rings is 6. The quantitative estimate of drug-likeness (QED) is 0.179. The average molecular weight is 655 g/mol. The van der Waals surface area contributed by atoms with E-state index in [0.717, 1.165) is 44.8 Å². The topological polar surface area (TPSA) is 51.6 Å². The number of aromatic nitrogens is 4. The molecule has 1 aliphatic carbocycles. The molecule has 2 aromatic heterocycles. The third kappa shape index (κ3) is 5.07. The first kappa shape index (κ1) is 30.5. The van der Waals surface area contributed by atoms with Gasteiger partial charge in [0.2, 0.25) is 0 Å². The zero-order valence-corrected chi connectivity index (χ0v) is 28.5. The molecule has 242 valence electrons. The van der Waals surface area contributed by atoms with Crippen LogP contribution in [0, 0.1) is 13.8 Å². The Morgan fingerprint density at radius 3 is 1.51 bits per heavy atom. The van der Waals surface area contributed by atoms with Crippen molar-refractivity contribution in [3.05, 3.63) is 203 Å². The SMILES string of the molecule is Cc1ccc(-c2ccc(-c3nc(-c4ccccc4)nc(-c4cccc5c4-c4ccccc4C5(c4ccccc4)c4ccccc4)n3)cc2)c(C)n1. The summed E-state index contributed by atoms with van der Waals surface area (Å²) in [7, 11) is 0. The molecule has 0 spiro atoms. The van der Waals surface area contributed by atoms with E-state index in [1.807, 2.05) is 25.1 Å². The van der Waals surface area contributed by atoms with Gasteiger partial charge in [-0.2, -0.15) is 0 Å². The predicted octanol–water partition coefficient (Wildman–Crippen LogP) is 10.9. The summed E-state index contributed by atoms with van der Waals surface area (Å²) in [5, 5.41) is 0. The fraction of sp³-hybridized carbons (Fsp3) is 0.0638. The molecule has 0 bridgehead atoms. The highest BCUT2D eigenvalue weighted by molar-refractivity contribution is 5.94. The van der Waals surface area contributed by atoms with Crippen LogP contribution in [-0.4, -0.2) is 19.9 Å². The highest BCUT2D eigenvalue weighted by Gasteiger charge is 2.47. The number of fused-ring (bicyclic) bond motifs is 3. The van der Waals surface area contributed by atoms with Crippen LogP contribution in [0.5, 0.6) is 0 Å². The molecule has 0 atom stereocenters. The first-order valence-electron chi connectivity index (χ1n) is 17.3. The number of nitrogens with zero attached hydrogens (tertiary/aromatic N) is 4. The molecule has 8 aromatic rings. The molecule has 0 N–H and O–H groups in total. The van der Waals surface area contributed by atoms with Gasteiger partial charge in [-0.3, -0.25) is 4.98 Å². The summed E-state index contributed by atoms with van der Waals surface area (Å²) in [6, 6.07) is 59.9. The highest BCUT2D eigenvalue weighted by Crippen LogP contribution is 2.58. The van der Waals surface area contributed by atoms with Crippen molar-refractivity contribution in [1.29, 1.82) is 0 Å². The lowest BCUT2D eigenvalue weighted by Crippen LogP contribution is -2.28. The summed E-state index contributed by atoms with van der Waals surface area (Å²) < 4.78 is 0. The van der Waals surface area contributed by atoms with E-state index in [4.69, 9.17) is 15.0 Å². The first-order chi connectivity index (χ1) is 25.1. The van der Waals surface area contributed by atoms with E-state index in [9.17, 15) is 0 Å². The Balaban J connectivity index is 1.27. The van der Waals surface area contributed by atoms with Crippen LogP contribution in [0.4, 0.5) is 0 Å². The van der Waals surface area contributed by atoms with Gasteiger partial charge in [-0.1, -0.05) is 164 Å². The second-order valence-electron chi connectivity index (χ2n) is 13.1. The average Bonchev–Trinajstić information content (AvgIpc) is 3.50. The van der Waals surface area contributed by atoms with Gasteiger partial charge in [-0.25, -0.2) is 15.0 Å². The molecule has 2 heterocycles. The van der Waals surface area contributed by atoms with Gasteiger partial charge in [0.1, 0.15) is 0 Å². The molecule has 0 saturated carbocycles. The lowest BCUT2D eigenvalue weighted by molar-refractivity contribution is 0.768. The number of aryl methyl sites for hydroxylation is 2. The highest BCUT2D eigenvalue weighted by atomic mass is 15.0. The zero-order chi connectivity index (χ0) is 34.4. The minimum absolute atomic E-state index is 0.513. The van der Waals surface area contributed by atoms with E-state index in [0.29, 0.717) is 17.5 Å². The van der Waals surface area contributed by atoms with Crippen LogP contribution < -0.4 is 0 Å². The number of hydrogen-bond acceptors (Lipinski definition) is 4. The Morgan fingerprint density at radius 2 is 0.863 bits per heavy atom. The third-order valence-corrected chi connectivity index (χ3v) is 10.1. The summed E-state index contributed by atoms with van der Waals surface area (Å²) in [4.78, 5) is 20.2. The molecule has 0 radical (unpaired) electrons. The van der Waals surface area contributed by atoms with Crippen LogP contribution in [0.2, 0.25) is 0 Å². The smallest absolute Gasteiger partial charge is 0.164 e. The molecular weight excluding hydrogens is 621 g/mol. The molecule has 1 aliphatic rings. The molecule has 6 aromatic carbocycles. The van der Waals surface area contributed by atoms with Crippen molar-refractivity contribution in [1.82, 2.24) is 19.9 Å². The summed E-state index contributed by atoms with van der Waals surface area (Å²) in [5.41, 5.74) is 13.8. The maximum absolute atomic E-state index is 5.24. The lowest BCUT2D eigenvalue weighted by atomic mass is 9.67. The van der Waals surface area contributed by atoms with Crippen LogP contribution in [0.1, 0.15) is 33.6 Å². The summed E-state index contributed by atoms with van der Waals surface area (Å²) in [6.07, 6.45) is 0. The minimum atomic E-state index is -0.513. The molecule has 4 heteroatoms. The Kier molecular flexibility index (Phi) is 7.44. The molecule has 9 rings (SSSR count). The van der Waals surface area contributed by atoms with Crippen LogP contribution in [0.25, 0.3) is 56.4 Å². The molecule has 0 saturated heterocycles. The van der Waals surface area contributed by atoms with E-state index in [-0.39, 0.29) is 0 Å². The van der Waals surface area contributed by atoms with Gasteiger partial charge in [-0.05, 0) is 58.9 Å². The van der Waals surface area contributed by atoms with Crippen molar-refractivity contribution in [2.75, 3.05) is 0 Å². The van der Waals surface area contributed by atoms with E-state index in [1.165, 1.54) is 27.8 Å². The summed E-state index contributed by atoms with van der Waals surface area (Å²) in [5.74, 6) is 1.91. The van der Waals surface area contributed by atoms with Crippen LogP contribution in [-0.2, 0) is 5.41 Å². The predicted molar refractivity (Wildman–Crippen MR) is 206 cm³/mol. The second-order valence-corrected chi connectivity index (χ2v) is 13.1. The van der Waals surface area contributed by atoms with E-state index < -0.39 is 5.41 Å². The molecular formula is C47H34N4. The Bertz CT molecular complexity index is 2490. The van der Waals surface area contributed by atoms with E-state index >= 15 is 0 Å². The standard InChI is InChI=1S/C47H34N4/c1-31-25-30-38(32(2)48-31)33-26-28-35(29-27-33)45-49-44(34-15-6-3-7-16-34)50-46(51-45)40-22-14-24-42-43(40)39-21-12-13-23-41(39)47(42,36-17-8-4-9-18-36)37-19-10-5-11-20-37/h3-30H,1-2H3. The van der Waals surface area contributed by atoms with E-state index in [2.05, 4.69) is 164 Å². The van der Waals surface area contributed by atoms with Crippen molar-refractivity contribution in [2.24, 2.45) is 0 Å². The normalized spacial score (nSPS) is 12.7. The van der Waals surface area contributed by atoms with Crippen LogP contribution in [0.15, 0.2) is 170 Å². The van der Waals surface area contributed by atoms with Gasteiger partial charge in [0.05, 0.1) is 5.41 Å². The summed E-state index contributed by atoms with van der Waals surface area (Å²) >= 11 is 0. The molecule has 0 fully saturated rings. The van der Waals surface area contributed by atoms with Crippen molar-refractivity contribution < 1.29 is 0 Å². The minimum Gasteiger partial charge on any atom is -0.258 e. The van der Waals surface area contributed by atoms with Gasteiger partial charge >= 0.3 is 0 Å². The monoisotopic (exact) mass is 654 g/mol. The van der Waals surface area contributed by atoms with Crippen LogP contribution in [0.3, 0.4) is 0 Å². The Hall–Kier alpha value is -6.52. The maximum atomic E-state index is 5.24. The van der Waals surface area contributed by atoms with Crippen molar-refractivity contribution in [2.45, 2.75) is 19.3 Å². The second kappa shape index (κ2) is 12.4. The molecule has 4 nitrogen and oxygen atoms in total. The fourth-order valence-corrected chi connectivity index (χ4v) is 7.81. The van der Waals surface area contributed by atoms with Crippen LogP contribution >= 0.6 is 0 Å². The van der Waals surface area contributed by atoms with E-state index in [1.54, 1.807) is 0 Å². The van der Waals surface area contributed by atoms with Gasteiger partial charge < -0.3 is 0 Å². The van der Waals surface area contributed by atoms with Crippen molar-refractivity contribution in [3.8, 4) is 56.4 Å². The number of rotatable bonds is 6. The molecule has 51 heavy (non-hydrogen) atoms. The van der Waals surface area contributed by atoms with Gasteiger partial charge in [0.25, 0.3) is 0 Å². The van der Waals surface area contributed by atoms with Crippen molar-refractivity contribution >= 4 is 0 Å². The largest absolute Gasteiger partial charge is 0.258 e. The first-order valence-corrected chi connectivity index (χ1v) is 17.3. The molecule has 0 amide bonds. The Morgan fingerprint density at radius 1 is 0.353 bits per heavy atom. The van der Waals surface area contributed by atoms with Gasteiger partial charge in [0, 0.05) is 33.6 Å². The fourth-order valence-electron chi connectivity index (χ4n) is 7.81. The number of hydrogen-bond donors (Lipinski definition) is 0. The van der Waals surface area contributed by atoms with Crippen molar-refractivity contribution in [3.63, 3.8) is 0 Å². The lowest BCUT2D eigenvalue weighted by Gasteiger charge is -2.33. The van der Waals surface area contributed by atoms with Gasteiger partial charge in [-0.15, -0.1) is 0 Å². The van der Waals surface area contributed by atoms with Gasteiger partial charge in [0.15, 0.2) is 17.5 Å². The number of pyridine rings is 1. The summed E-state index contributed by atoms with van der Waals surface area (Å²) in [6.45, 7) is 4.08. The third-order valence-electron chi connectivity index (χ3n) is 10.1. The maximum Gasteiger partial charge on any atom is 0.164 e. The zero-order valence-electron chi connectivity index (χ0n) is 28.5.